The molecule has 8 nitrogen and oxygen atoms in total. The Hall–Kier alpha value is -3.81. The van der Waals surface area contributed by atoms with Crippen LogP contribution in [0.25, 0.3) is 28.1 Å². The Labute approximate surface area is 148 Å². The van der Waals surface area contributed by atoms with Gasteiger partial charge in [0, 0.05) is 12.6 Å². The van der Waals surface area contributed by atoms with Crippen molar-refractivity contribution in [3.05, 3.63) is 66.6 Å². The molecule has 0 saturated carbocycles. The third-order valence-corrected chi connectivity index (χ3v) is 4.00. The molecule has 0 spiro atoms. The first-order chi connectivity index (χ1) is 12.6. The highest BCUT2D eigenvalue weighted by atomic mass is 16.4. The number of carbonyl (C=O) groups is 1. The predicted octanol–water partition coefficient (Wildman–Crippen LogP) is 2.43. The van der Waals surface area contributed by atoms with E-state index in [4.69, 9.17) is 0 Å². The normalized spacial score (nSPS) is 10.8. The molecule has 0 amide bonds. The molecule has 4 rings (SSSR count). The van der Waals surface area contributed by atoms with Crippen molar-refractivity contribution in [2.75, 3.05) is 0 Å². The third kappa shape index (κ3) is 2.73. The summed E-state index contributed by atoms with van der Waals surface area (Å²) in [6.07, 6.45) is 3.08. The maximum absolute atomic E-state index is 11.2. The highest BCUT2D eigenvalue weighted by Crippen LogP contribution is 2.31. The molecule has 0 atom stereocenters. The minimum absolute atomic E-state index is 0.0118. The number of hydrogen-bond acceptors (Lipinski definition) is 5. The Morgan fingerprint density at radius 3 is 2.38 bits per heavy atom. The van der Waals surface area contributed by atoms with E-state index in [2.05, 4.69) is 20.6 Å². The molecule has 8 heteroatoms. The molecule has 2 aromatic carbocycles. The fourth-order valence-corrected chi connectivity index (χ4v) is 2.78. The minimum Gasteiger partial charge on any atom is -0.476 e. The number of aryl methyl sites for hydroxylation is 1. The van der Waals surface area contributed by atoms with Crippen LogP contribution in [0.2, 0.25) is 0 Å². The fourth-order valence-electron chi connectivity index (χ4n) is 2.78. The minimum atomic E-state index is -1.08. The number of benzene rings is 2. The van der Waals surface area contributed by atoms with Crippen molar-refractivity contribution in [2.24, 2.45) is 7.05 Å². The van der Waals surface area contributed by atoms with Gasteiger partial charge in [0.05, 0.1) is 18.1 Å². The van der Waals surface area contributed by atoms with Crippen LogP contribution >= 0.6 is 0 Å². The summed E-state index contributed by atoms with van der Waals surface area (Å²) in [5.74, 6) is -1.08. The molecule has 2 aromatic heterocycles. The predicted molar refractivity (Wildman–Crippen MR) is 93.8 cm³/mol. The quantitative estimate of drug-likeness (QED) is 0.609. The van der Waals surface area contributed by atoms with Crippen molar-refractivity contribution < 1.29 is 9.90 Å². The van der Waals surface area contributed by atoms with E-state index in [-0.39, 0.29) is 5.69 Å². The zero-order chi connectivity index (χ0) is 18.1. The van der Waals surface area contributed by atoms with Crippen molar-refractivity contribution in [3.8, 4) is 28.1 Å². The first-order valence-electron chi connectivity index (χ1n) is 7.84. The second-order valence-corrected chi connectivity index (χ2v) is 5.71. The lowest BCUT2D eigenvalue weighted by Crippen LogP contribution is -2.07. The van der Waals surface area contributed by atoms with Gasteiger partial charge in [-0.05, 0) is 23.3 Å². The van der Waals surface area contributed by atoms with Gasteiger partial charge >= 0.3 is 5.97 Å². The number of aromatic nitrogens is 6. The molecule has 0 fully saturated rings. The summed E-state index contributed by atoms with van der Waals surface area (Å²) < 4.78 is 2.95. The SMILES string of the molecule is Cn1cc(-c2ccccc2-c2ccc(-n3nncc3C(=O)O)cc2)nn1. The number of nitrogens with zero attached hydrogens (tertiary/aromatic N) is 6. The van der Waals surface area contributed by atoms with Gasteiger partial charge in [-0.1, -0.05) is 46.8 Å². The van der Waals surface area contributed by atoms with Gasteiger partial charge in [-0.15, -0.1) is 10.2 Å². The van der Waals surface area contributed by atoms with Gasteiger partial charge in [0.15, 0.2) is 5.69 Å². The van der Waals surface area contributed by atoms with E-state index in [1.165, 1.54) is 10.9 Å². The second kappa shape index (κ2) is 6.25. The van der Waals surface area contributed by atoms with Crippen LogP contribution in [0.4, 0.5) is 0 Å². The second-order valence-electron chi connectivity index (χ2n) is 5.71. The van der Waals surface area contributed by atoms with Gasteiger partial charge in [0.1, 0.15) is 5.69 Å². The average molecular weight is 346 g/mol. The molecule has 0 aliphatic carbocycles. The molecule has 0 aliphatic rings. The Morgan fingerprint density at radius 2 is 1.73 bits per heavy atom. The molecule has 0 radical (unpaired) electrons. The Morgan fingerprint density at radius 1 is 1.00 bits per heavy atom. The zero-order valence-electron chi connectivity index (χ0n) is 13.8. The first kappa shape index (κ1) is 15.7. The maximum atomic E-state index is 11.2. The average Bonchev–Trinajstić information content (AvgIpc) is 3.31. The molecule has 0 bridgehead atoms. The van der Waals surface area contributed by atoms with Gasteiger partial charge < -0.3 is 5.11 Å². The standard InChI is InChI=1S/C18H14N6O2/c1-23-11-16(20-22-23)15-5-3-2-4-14(15)12-6-8-13(9-7-12)24-17(18(25)26)10-19-21-24/h2-11H,1H3,(H,25,26). The van der Waals surface area contributed by atoms with Gasteiger partial charge in [0.2, 0.25) is 0 Å². The van der Waals surface area contributed by atoms with E-state index in [1.54, 1.807) is 4.68 Å². The Kier molecular flexibility index (Phi) is 3.77. The lowest BCUT2D eigenvalue weighted by Gasteiger charge is -2.09. The molecule has 26 heavy (non-hydrogen) atoms. The van der Waals surface area contributed by atoms with Gasteiger partial charge in [0.25, 0.3) is 0 Å². The number of aromatic carboxylic acids is 1. The molecule has 128 valence electrons. The summed E-state index contributed by atoms with van der Waals surface area (Å²) in [5, 5.41) is 24.9. The molecule has 1 N–H and O–H groups in total. The summed E-state index contributed by atoms with van der Waals surface area (Å²) >= 11 is 0. The van der Waals surface area contributed by atoms with E-state index in [0.717, 1.165) is 22.4 Å². The number of hydrogen-bond donors (Lipinski definition) is 1. The van der Waals surface area contributed by atoms with Crippen LogP contribution in [-0.4, -0.2) is 41.1 Å². The van der Waals surface area contributed by atoms with Crippen molar-refractivity contribution in [1.82, 2.24) is 30.0 Å². The maximum Gasteiger partial charge on any atom is 0.356 e. The fraction of sp³-hybridized carbons (Fsp3) is 0.0556. The van der Waals surface area contributed by atoms with E-state index in [9.17, 15) is 9.90 Å². The van der Waals surface area contributed by atoms with Gasteiger partial charge in [-0.3, -0.25) is 4.68 Å². The van der Waals surface area contributed by atoms with E-state index < -0.39 is 5.97 Å². The van der Waals surface area contributed by atoms with Crippen LogP contribution in [0.15, 0.2) is 60.9 Å². The molecular formula is C18H14N6O2. The van der Waals surface area contributed by atoms with Crippen LogP contribution in [0.1, 0.15) is 10.5 Å². The summed E-state index contributed by atoms with van der Waals surface area (Å²) in [5.41, 5.74) is 4.39. The highest BCUT2D eigenvalue weighted by Gasteiger charge is 2.14. The van der Waals surface area contributed by atoms with Crippen LogP contribution in [0, 0.1) is 0 Å². The number of carboxylic acid groups (broad SMARTS) is 1. The molecule has 4 aromatic rings. The van der Waals surface area contributed by atoms with E-state index >= 15 is 0 Å². The van der Waals surface area contributed by atoms with Gasteiger partial charge in [-0.2, -0.15) is 0 Å². The summed E-state index contributed by atoms with van der Waals surface area (Å²) in [7, 11) is 1.83. The van der Waals surface area contributed by atoms with Crippen molar-refractivity contribution in [1.29, 1.82) is 0 Å². The van der Waals surface area contributed by atoms with Crippen molar-refractivity contribution in [3.63, 3.8) is 0 Å². The van der Waals surface area contributed by atoms with Crippen LogP contribution in [0.3, 0.4) is 0 Å². The Balaban J connectivity index is 1.75. The molecule has 0 unspecified atom stereocenters. The zero-order valence-corrected chi connectivity index (χ0v) is 13.8. The summed E-state index contributed by atoms with van der Waals surface area (Å²) in [6, 6.07) is 15.4. The highest BCUT2D eigenvalue weighted by molar-refractivity contribution is 5.86. The van der Waals surface area contributed by atoms with E-state index in [0.29, 0.717) is 5.69 Å². The van der Waals surface area contributed by atoms with Crippen molar-refractivity contribution in [2.45, 2.75) is 0 Å². The molecule has 0 aliphatic heterocycles. The smallest absolute Gasteiger partial charge is 0.356 e. The van der Waals surface area contributed by atoms with E-state index in [1.807, 2.05) is 61.8 Å². The van der Waals surface area contributed by atoms with Crippen molar-refractivity contribution >= 4 is 5.97 Å². The summed E-state index contributed by atoms with van der Waals surface area (Å²) in [6.45, 7) is 0. The lowest BCUT2D eigenvalue weighted by molar-refractivity contribution is 0.0687. The molecule has 0 saturated heterocycles. The van der Waals surface area contributed by atoms with Gasteiger partial charge in [-0.25, -0.2) is 9.48 Å². The van der Waals surface area contributed by atoms with Crippen LogP contribution < -0.4 is 0 Å². The first-order valence-corrected chi connectivity index (χ1v) is 7.84. The number of rotatable bonds is 4. The monoisotopic (exact) mass is 346 g/mol. The number of carboxylic acids is 1. The lowest BCUT2D eigenvalue weighted by atomic mass is 9.98. The molecule has 2 heterocycles. The topological polar surface area (TPSA) is 98.7 Å². The summed E-state index contributed by atoms with van der Waals surface area (Å²) in [4.78, 5) is 11.2. The third-order valence-electron chi connectivity index (χ3n) is 4.00. The van der Waals surface area contributed by atoms with Crippen LogP contribution in [0.5, 0.6) is 0 Å². The largest absolute Gasteiger partial charge is 0.476 e. The Bertz CT molecular complexity index is 1080. The molecular weight excluding hydrogens is 332 g/mol. The van der Waals surface area contributed by atoms with Crippen LogP contribution in [-0.2, 0) is 7.05 Å².